The molecule has 0 unspecified atom stereocenters. The predicted molar refractivity (Wildman–Crippen MR) is 104 cm³/mol. The number of nitrogens with one attached hydrogen (secondary N) is 1. The van der Waals surface area contributed by atoms with Gasteiger partial charge >= 0.3 is 0 Å². The fourth-order valence-electron chi connectivity index (χ4n) is 2.85. The van der Waals surface area contributed by atoms with E-state index in [1.54, 1.807) is 37.4 Å². The third kappa shape index (κ3) is 4.83. The SMILES string of the molecule is COc1cc(CNC(=O)c2cccc(CS(C)(=O)=O)c2)c2ccccc2n1. The van der Waals surface area contributed by atoms with Crippen LogP contribution < -0.4 is 10.1 Å². The number of pyridine rings is 1. The third-order valence-electron chi connectivity index (χ3n) is 4.04. The molecule has 7 heteroatoms. The van der Waals surface area contributed by atoms with Crippen molar-refractivity contribution in [2.45, 2.75) is 12.3 Å². The lowest BCUT2D eigenvalue weighted by Gasteiger charge is -2.11. The number of carbonyl (C=O) groups excluding carboxylic acids is 1. The van der Waals surface area contributed by atoms with E-state index in [-0.39, 0.29) is 11.7 Å². The molecule has 3 aromatic rings. The van der Waals surface area contributed by atoms with Crippen LogP contribution in [0.2, 0.25) is 0 Å². The molecule has 0 aliphatic rings. The van der Waals surface area contributed by atoms with Gasteiger partial charge in [-0.1, -0.05) is 30.3 Å². The lowest BCUT2D eigenvalue weighted by Crippen LogP contribution is -2.23. The zero-order valence-corrected chi connectivity index (χ0v) is 15.9. The topological polar surface area (TPSA) is 85.4 Å². The van der Waals surface area contributed by atoms with Gasteiger partial charge in [0.2, 0.25) is 5.88 Å². The summed E-state index contributed by atoms with van der Waals surface area (Å²) in [5.74, 6) is 0.110. The summed E-state index contributed by atoms with van der Waals surface area (Å²) in [6, 6.07) is 16.1. The summed E-state index contributed by atoms with van der Waals surface area (Å²) in [6.07, 6.45) is 1.17. The highest BCUT2D eigenvalue weighted by Gasteiger charge is 2.11. The van der Waals surface area contributed by atoms with Gasteiger partial charge in [0.1, 0.15) is 0 Å². The first-order valence-electron chi connectivity index (χ1n) is 8.33. The van der Waals surface area contributed by atoms with Gasteiger partial charge in [-0.3, -0.25) is 4.79 Å². The first-order valence-corrected chi connectivity index (χ1v) is 10.4. The Balaban J connectivity index is 1.80. The molecular weight excluding hydrogens is 364 g/mol. The first-order chi connectivity index (χ1) is 12.9. The minimum atomic E-state index is -3.16. The molecule has 0 saturated heterocycles. The summed E-state index contributed by atoms with van der Waals surface area (Å²) < 4.78 is 28.2. The average molecular weight is 384 g/mol. The third-order valence-corrected chi connectivity index (χ3v) is 4.90. The van der Waals surface area contributed by atoms with E-state index in [1.165, 1.54) is 6.26 Å². The highest BCUT2D eigenvalue weighted by atomic mass is 32.2. The monoisotopic (exact) mass is 384 g/mol. The maximum atomic E-state index is 12.5. The number of rotatable bonds is 6. The fourth-order valence-corrected chi connectivity index (χ4v) is 3.64. The van der Waals surface area contributed by atoms with Crippen molar-refractivity contribution in [3.05, 3.63) is 71.3 Å². The summed E-state index contributed by atoms with van der Waals surface area (Å²) >= 11 is 0. The Morgan fingerprint density at radius 2 is 1.89 bits per heavy atom. The Labute approximate surface area is 158 Å². The van der Waals surface area contributed by atoms with Crippen molar-refractivity contribution >= 4 is 26.6 Å². The zero-order chi connectivity index (χ0) is 19.4. The Morgan fingerprint density at radius 3 is 2.63 bits per heavy atom. The first kappa shape index (κ1) is 18.8. The highest BCUT2D eigenvalue weighted by Crippen LogP contribution is 2.22. The fraction of sp³-hybridized carbons (Fsp3) is 0.200. The van der Waals surface area contributed by atoms with E-state index in [9.17, 15) is 13.2 Å². The van der Waals surface area contributed by atoms with Gasteiger partial charge in [0.05, 0.1) is 18.4 Å². The molecule has 0 aliphatic heterocycles. The van der Waals surface area contributed by atoms with Crippen molar-refractivity contribution in [2.24, 2.45) is 0 Å². The number of aromatic nitrogens is 1. The van der Waals surface area contributed by atoms with Crippen molar-refractivity contribution in [3.63, 3.8) is 0 Å². The van der Waals surface area contributed by atoms with Crippen LogP contribution in [0.15, 0.2) is 54.6 Å². The Kier molecular flexibility index (Phi) is 5.41. The van der Waals surface area contributed by atoms with Crippen LogP contribution >= 0.6 is 0 Å². The van der Waals surface area contributed by atoms with Gasteiger partial charge in [0.15, 0.2) is 9.84 Å². The van der Waals surface area contributed by atoms with E-state index >= 15 is 0 Å². The van der Waals surface area contributed by atoms with Crippen LogP contribution in [-0.2, 0) is 22.1 Å². The molecule has 140 valence electrons. The van der Waals surface area contributed by atoms with Gasteiger partial charge in [-0.2, -0.15) is 0 Å². The normalized spacial score (nSPS) is 11.3. The molecule has 0 bridgehead atoms. The second-order valence-corrected chi connectivity index (χ2v) is 8.43. The quantitative estimate of drug-likeness (QED) is 0.706. The molecule has 0 radical (unpaired) electrons. The van der Waals surface area contributed by atoms with Crippen molar-refractivity contribution in [1.82, 2.24) is 10.3 Å². The molecule has 0 saturated carbocycles. The summed E-state index contributed by atoms with van der Waals surface area (Å²) in [5.41, 5.74) is 2.68. The minimum Gasteiger partial charge on any atom is -0.481 e. The van der Waals surface area contributed by atoms with Crippen molar-refractivity contribution < 1.29 is 17.9 Å². The van der Waals surface area contributed by atoms with Crippen LogP contribution in [0, 0.1) is 0 Å². The van der Waals surface area contributed by atoms with E-state index in [2.05, 4.69) is 10.3 Å². The maximum absolute atomic E-state index is 12.5. The molecule has 3 rings (SSSR count). The molecule has 1 N–H and O–H groups in total. The Hall–Kier alpha value is -2.93. The van der Waals surface area contributed by atoms with E-state index < -0.39 is 9.84 Å². The molecule has 2 aromatic carbocycles. The van der Waals surface area contributed by atoms with Crippen LogP contribution in [0.5, 0.6) is 5.88 Å². The largest absolute Gasteiger partial charge is 0.481 e. The summed E-state index contributed by atoms with van der Waals surface area (Å²) in [5, 5.41) is 3.81. The van der Waals surface area contributed by atoms with Crippen LogP contribution in [-0.4, -0.2) is 32.7 Å². The van der Waals surface area contributed by atoms with Gasteiger partial charge in [-0.25, -0.2) is 13.4 Å². The second-order valence-electron chi connectivity index (χ2n) is 6.29. The maximum Gasteiger partial charge on any atom is 0.251 e. The predicted octanol–water partition coefficient (Wildman–Crippen LogP) is 2.72. The van der Waals surface area contributed by atoms with E-state index in [0.29, 0.717) is 23.6 Å². The van der Waals surface area contributed by atoms with E-state index in [0.717, 1.165) is 16.5 Å². The zero-order valence-electron chi connectivity index (χ0n) is 15.1. The van der Waals surface area contributed by atoms with Gasteiger partial charge in [0, 0.05) is 29.8 Å². The number of para-hydroxylation sites is 1. The molecule has 6 nitrogen and oxygen atoms in total. The second kappa shape index (κ2) is 7.75. The standard InChI is InChI=1S/C20H20N2O4S/c1-26-19-11-16(17-8-3-4-9-18(17)22-19)12-21-20(23)15-7-5-6-14(10-15)13-27(2,24)25/h3-11H,12-13H2,1-2H3,(H,21,23). The molecule has 1 aromatic heterocycles. The van der Waals surface area contributed by atoms with E-state index in [4.69, 9.17) is 4.74 Å². The molecule has 0 spiro atoms. The van der Waals surface area contributed by atoms with Crippen molar-refractivity contribution in [2.75, 3.05) is 13.4 Å². The average Bonchev–Trinajstić information content (AvgIpc) is 2.64. The Morgan fingerprint density at radius 1 is 1.11 bits per heavy atom. The summed E-state index contributed by atoms with van der Waals surface area (Å²) in [7, 11) is -1.61. The number of nitrogens with zero attached hydrogens (tertiary/aromatic N) is 1. The number of amides is 1. The van der Waals surface area contributed by atoms with Crippen LogP contribution in [0.25, 0.3) is 10.9 Å². The number of benzene rings is 2. The number of methoxy groups -OCH3 is 1. The molecule has 27 heavy (non-hydrogen) atoms. The molecule has 0 fully saturated rings. The molecule has 0 aliphatic carbocycles. The Bertz CT molecular complexity index is 1090. The number of hydrogen-bond donors (Lipinski definition) is 1. The van der Waals surface area contributed by atoms with Gasteiger partial charge in [-0.05, 0) is 29.3 Å². The van der Waals surface area contributed by atoms with Gasteiger partial charge < -0.3 is 10.1 Å². The van der Waals surface area contributed by atoms with Crippen LogP contribution in [0.3, 0.4) is 0 Å². The van der Waals surface area contributed by atoms with Crippen LogP contribution in [0.4, 0.5) is 0 Å². The lowest BCUT2D eigenvalue weighted by atomic mass is 10.1. The number of sulfone groups is 1. The van der Waals surface area contributed by atoms with Crippen LogP contribution in [0.1, 0.15) is 21.5 Å². The summed E-state index contributed by atoms with van der Waals surface area (Å²) in [6.45, 7) is 0.300. The van der Waals surface area contributed by atoms with Crippen molar-refractivity contribution in [1.29, 1.82) is 0 Å². The number of carbonyl (C=O) groups is 1. The minimum absolute atomic E-state index is 0.0969. The molecule has 1 amide bonds. The van der Waals surface area contributed by atoms with E-state index in [1.807, 2.05) is 24.3 Å². The number of hydrogen-bond acceptors (Lipinski definition) is 5. The lowest BCUT2D eigenvalue weighted by molar-refractivity contribution is 0.0951. The van der Waals surface area contributed by atoms with Crippen molar-refractivity contribution in [3.8, 4) is 5.88 Å². The van der Waals surface area contributed by atoms with Gasteiger partial charge in [0.25, 0.3) is 5.91 Å². The summed E-state index contributed by atoms with van der Waals surface area (Å²) in [4.78, 5) is 16.9. The number of ether oxygens (including phenoxy) is 1. The highest BCUT2D eigenvalue weighted by molar-refractivity contribution is 7.89. The smallest absolute Gasteiger partial charge is 0.251 e. The van der Waals surface area contributed by atoms with Gasteiger partial charge in [-0.15, -0.1) is 0 Å². The number of fused-ring (bicyclic) bond motifs is 1. The molecule has 1 heterocycles. The molecule has 0 atom stereocenters. The molecular formula is C20H20N2O4S.